The van der Waals surface area contributed by atoms with Crippen molar-refractivity contribution in [3.63, 3.8) is 0 Å². The lowest BCUT2D eigenvalue weighted by Gasteiger charge is -2.16. The Labute approximate surface area is 226 Å². The minimum absolute atomic E-state index is 0.147. The molecule has 0 fully saturated rings. The van der Waals surface area contributed by atoms with Crippen LogP contribution in [0, 0.1) is 0 Å². The van der Waals surface area contributed by atoms with E-state index in [0.717, 1.165) is 29.4 Å². The summed E-state index contributed by atoms with van der Waals surface area (Å²) in [6.45, 7) is 4.24. The molecule has 1 N–H and O–H groups in total. The second kappa shape index (κ2) is 10.6. The number of hydrogen-bond acceptors (Lipinski definition) is 7. The molecule has 0 saturated heterocycles. The first-order chi connectivity index (χ1) is 16.9. The molecule has 3 heterocycles. The zero-order valence-corrected chi connectivity index (χ0v) is 23.1. The van der Waals surface area contributed by atoms with Crippen molar-refractivity contribution in [3.8, 4) is 22.6 Å². The topological polar surface area (TPSA) is 72.7 Å². The van der Waals surface area contributed by atoms with E-state index in [1.807, 2.05) is 22.8 Å². The molecule has 3 aromatic heterocycles. The van der Waals surface area contributed by atoms with Crippen LogP contribution in [-0.4, -0.2) is 31.4 Å². The largest absolute Gasteiger partial charge is 0.301 e. The van der Waals surface area contributed by atoms with Crippen LogP contribution >= 0.6 is 57.6 Å². The van der Waals surface area contributed by atoms with Crippen molar-refractivity contribution in [1.29, 1.82) is 0 Å². The van der Waals surface area contributed by atoms with Crippen LogP contribution in [0.4, 0.5) is 5.13 Å². The Morgan fingerprint density at radius 2 is 1.97 bits per heavy atom. The van der Waals surface area contributed by atoms with Gasteiger partial charge >= 0.3 is 0 Å². The van der Waals surface area contributed by atoms with Gasteiger partial charge in [0, 0.05) is 37.8 Å². The summed E-state index contributed by atoms with van der Waals surface area (Å²) in [5, 5.41) is 18.3. The molecule has 0 aliphatic heterocycles. The van der Waals surface area contributed by atoms with Crippen molar-refractivity contribution in [1.82, 2.24) is 19.7 Å². The van der Waals surface area contributed by atoms with Gasteiger partial charge in [0.05, 0.1) is 16.5 Å². The molecule has 0 radical (unpaired) electrons. The number of hydrogen-bond donors (Lipinski definition) is 1. The molecule has 1 aliphatic rings. The Kier molecular flexibility index (Phi) is 7.50. The van der Waals surface area contributed by atoms with Crippen molar-refractivity contribution in [2.24, 2.45) is 0 Å². The third kappa shape index (κ3) is 5.29. The molecule has 35 heavy (non-hydrogen) atoms. The quantitative estimate of drug-likeness (QED) is 0.234. The number of carbonyl (C=O) groups is 1. The average molecular weight is 565 g/mol. The SMILES string of the molecule is CC(C)n1c(SCC(=O)Nc2nc(-c3ccc(Cl)cc3Cl)cs2)nnc1-c1csc2c1CCCC2. The lowest BCUT2D eigenvalue weighted by atomic mass is 9.95. The van der Waals surface area contributed by atoms with Gasteiger partial charge in [-0.15, -0.1) is 32.9 Å². The molecule has 0 unspecified atom stereocenters. The summed E-state index contributed by atoms with van der Waals surface area (Å²) < 4.78 is 2.14. The number of carbonyl (C=O) groups excluding carboxylic acids is 1. The fraction of sp³-hybridized carbons (Fsp3) is 0.333. The van der Waals surface area contributed by atoms with Crippen molar-refractivity contribution < 1.29 is 4.79 Å². The molecule has 0 bridgehead atoms. The molecule has 0 saturated carbocycles. The lowest BCUT2D eigenvalue weighted by Crippen LogP contribution is -2.15. The summed E-state index contributed by atoms with van der Waals surface area (Å²) in [6, 6.07) is 5.44. The van der Waals surface area contributed by atoms with E-state index in [-0.39, 0.29) is 17.7 Å². The lowest BCUT2D eigenvalue weighted by molar-refractivity contribution is -0.113. The Balaban J connectivity index is 1.28. The molecule has 4 aromatic rings. The number of nitrogens with one attached hydrogen (secondary N) is 1. The first-order valence-corrected chi connectivity index (χ1v) is 14.8. The van der Waals surface area contributed by atoms with Crippen LogP contribution < -0.4 is 5.32 Å². The Hall–Kier alpha value is -1.91. The molecular formula is C24H23Cl2N5OS3. The third-order valence-corrected chi connectivity index (χ3v) is 9.11. The maximum Gasteiger partial charge on any atom is 0.236 e. The summed E-state index contributed by atoms with van der Waals surface area (Å²) in [5.74, 6) is 0.959. The molecular weight excluding hydrogens is 541 g/mol. The van der Waals surface area contributed by atoms with Gasteiger partial charge < -0.3 is 5.32 Å². The smallest absolute Gasteiger partial charge is 0.236 e. The van der Waals surface area contributed by atoms with Crippen molar-refractivity contribution in [2.45, 2.75) is 50.7 Å². The molecule has 5 rings (SSSR count). The van der Waals surface area contributed by atoms with E-state index in [4.69, 9.17) is 23.2 Å². The van der Waals surface area contributed by atoms with Gasteiger partial charge in [-0.3, -0.25) is 9.36 Å². The minimum atomic E-state index is -0.147. The highest BCUT2D eigenvalue weighted by Crippen LogP contribution is 2.38. The van der Waals surface area contributed by atoms with E-state index in [1.165, 1.54) is 51.9 Å². The van der Waals surface area contributed by atoms with Crippen LogP contribution in [0.25, 0.3) is 22.6 Å². The maximum absolute atomic E-state index is 12.7. The third-order valence-electron chi connectivity index (χ3n) is 5.77. The van der Waals surface area contributed by atoms with E-state index >= 15 is 0 Å². The molecule has 6 nitrogen and oxygen atoms in total. The fourth-order valence-electron chi connectivity index (χ4n) is 4.14. The Bertz CT molecular complexity index is 1380. The maximum atomic E-state index is 12.7. The van der Waals surface area contributed by atoms with Gasteiger partial charge in [-0.2, -0.15) is 0 Å². The highest BCUT2D eigenvalue weighted by Gasteiger charge is 2.24. The van der Waals surface area contributed by atoms with Crippen molar-refractivity contribution in [2.75, 3.05) is 11.1 Å². The number of thiophene rings is 1. The van der Waals surface area contributed by atoms with Crippen LogP contribution in [-0.2, 0) is 17.6 Å². The fourth-order valence-corrected chi connectivity index (χ4v) is 7.37. The molecule has 0 spiro atoms. The first kappa shape index (κ1) is 24.8. The molecule has 11 heteroatoms. The predicted molar refractivity (Wildman–Crippen MR) is 147 cm³/mol. The number of aromatic nitrogens is 4. The van der Waals surface area contributed by atoms with Crippen LogP contribution in [0.15, 0.2) is 34.1 Å². The number of thiazole rings is 1. The Morgan fingerprint density at radius 1 is 1.14 bits per heavy atom. The summed E-state index contributed by atoms with van der Waals surface area (Å²) in [6.07, 6.45) is 4.73. The highest BCUT2D eigenvalue weighted by molar-refractivity contribution is 7.99. The number of benzene rings is 1. The number of rotatable bonds is 7. The van der Waals surface area contributed by atoms with Crippen LogP contribution in [0.5, 0.6) is 0 Å². The molecule has 1 amide bonds. The van der Waals surface area contributed by atoms with Gasteiger partial charge in [-0.05, 0) is 63.3 Å². The molecule has 1 aromatic carbocycles. The standard InChI is InChI=1S/C24H23Cl2N5OS3/c1-13(2)31-22(17-10-33-20-6-4-3-5-15(17)20)29-30-24(31)35-12-21(32)28-23-27-19(11-34-23)16-8-7-14(25)9-18(16)26/h7-11,13H,3-6,12H2,1-2H3,(H,27,28,32). The zero-order chi connectivity index (χ0) is 24.5. The summed E-state index contributed by atoms with van der Waals surface area (Å²) in [4.78, 5) is 18.7. The van der Waals surface area contributed by atoms with Gasteiger partial charge in [-0.1, -0.05) is 35.0 Å². The summed E-state index contributed by atoms with van der Waals surface area (Å²) >= 11 is 16.8. The Morgan fingerprint density at radius 3 is 2.77 bits per heavy atom. The minimum Gasteiger partial charge on any atom is -0.301 e. The zero-order valence-electron chi connectivity index (χ0n) is 19.2. The number of amides is 1. The van der Waals surface area contributed by atoms with E-state index in [0.29, 0.717) is 20.9 Å². The second-order valence-electron chi connectivity index (χ2n) is 8.53. The van der Waals surface area contributed by atoms with Crippen LogP contribution in [0.1, 0.15) is 43.2 Å². The van der Waals surface area contributed by atoms with Gasteiger partial charge in [0.15, 0.2) is 16.1 Å². The number of aryl methyl sites for hydroxylation is 1. The van der Waals surface area contributed by atoms with Crippen LogP contribution in [0.2, 0.25) is 10.0 Å². The van der Waals surface area contributed by atoms with Crippen LogP contribution in [0.3, 0.4) is 0 Å². The van der Waals surface area contributed by atoms with E-state index in [9.17, 15) is 4.79 Å². The predicted octanol–water partition coefficient (Wildman–Crippen LogP) is 7.63. The molecule has 182 valence electrons. The van der Waals surface area contributed by atoms with Gasteiger partial charge in [0.1, 0.15) is 0 Å². The van der Waals surface area contributed by atoms with Crippen molar-refractivity contribution in [3.05, 3.63) is 49.4 Å². The number of thioether (sulfide) groups is 1. The normalized spacial score (nSPS) is 13.3. The second-order valence-corrected chi connectivity index (χ2v) is 12.1. The first-order valence-electron chi connectivity index (χ1n) is 11.3. The average Bonchev–Trinajstić information content (AvgIpc) is 3.55. The summed E-state index contributed by atoms with van der Waals surface area (Å²) in [5.41, 5.74) is 4.09. The number of halogens is 2. The number of nitrogens with zero attached hydrogens (tertiary/aromatic N) is 4. The molecule has 0 atom stereocenters. The van der Waals surface area contributed by atoms with E-state index in [2.05, 4.69) is 44.3 Å². The van der Waals surface area contributed by atoms with Gasteiger partial charge in [0.25, 0.3) is 0 Å². The monoisotopic (exact) mass is 563 g/mol. The van der Waals surface area contributed by atoms with Crippen molar-refractivity contribution >= 4 is 68.7 Å². The van der Waals surface area contributed by atoms with E-state index in [1.54, 1.807) is 12.1 Å². The number of fused-ring (bicyclic) bond motifs is 1. The van der Waals surface area contributed by atoms with Gasteiger partial charge in [-0.25, -0.2) is 4.98 Å². The molecule has 1 aliphatic carbocycles. The van der Waals surface area contributed by atoms with E-state index < -0.39 is 0 Å². The highest BCUT2D eigenvalue weighted by atomic mass is 35.5. The summed E-state index contributed by atoms with van der Waals surface area (Å²) in [7, 11) is 0. The number of anilines is 1. The van der Waals surface area contributed by atoms with Gasteiger partial charge in [0.2, 0.25) is 5.91 Å².